The highest BCUT2D eigenvalue weighted by atomic mass is 32.1. The Morgan fingerprint density at radius 2 is 1.14 bits per heavy atom. The fraction of sp³-hybridized carbons (Fsp3) is 0.435. The van der Waals surface area contributed by atoms with Crippen LogP contribution in [-0.2, 0) is 9.68 Å². The zero-order valence-electron chi connectivity index (χ0n) is 17.4. The van der Waals surface area contributed by atoms with Gasteiger partial charge in [0.05, 0.1) is 13.2 Å². The number of rotatable bonds is 10. The van der Waals surface area contributed by atoms with Crippen molar-refractivity contribution in [2.24, 2.45) is 11.8 Å². The third kappa shape index (κ3) is 7.23. The van der Waals surface area contributed by atoms with E-state index in [0.29, 0.717) is 30.2 Å². The van der Waals surface area contributed by atoms with Crippen molar-refractivity contribution in [1.82, 2.24) is 5.23 Å². The summed E-state index contributed by atoms with van der Waals surface area (Å²) >= 11 is 5.82. The molecule has 0 aliphatic carbocycles. The van der Waals surface area contributed by atoms with Gasteiger partial charge in [-0.1, -0.05) is 69.3 Å². The quantitative estimate of drug-likeness (QED) is 0.341. The Balaban J connectivity index is 2.24. The van der Waals surface area contributed by atoms with E-state index in [1.165, 1.54) is 5.23 Å². The van der Waals surface area contributed by atoms with Crippen LogP contribution in [-0.4, -0.2) is 23.6 Å². The van der Waals surface area contributed by atoms with Crippen LogP contribution in [0.15, 0.2) is 60.7 Å². The van der Waals surface area contributed by atoms with Gasteiger partial charge in [0.2, 0.25) is 5.11 Å². The molecule has 2 rings (SSSR count). The molecule has 0 amide bonds. The molecule has 28 heavy (non-hydrogen) atoms. The maximum atomic E-state index is 5.95. The van der Waals surface area contributed by atoms with Crippen molar-refractivity contribution in [2.75, 3.05) is 18.1 Å². The maximum absolute atomic E-state index is 5.95. The first kappa shape index (κ1) is 22.3. The SMILES string of the molecule is CC(C)CCON(OCCC(C)C)C(=S)N(c1ccccc1)c1ccccc1. The summed E-state index contributed by atoms with van der Waals surface area (Å²) in [5.74, 6) is 1.09. The molecule has 0 bridgehead atoms. The van der Waals surface area contributed by atoms with Gasteiger partial charge >= 0.3 is 0 Å². The molecule has 2 aromatic carbocycles. The molecule has 0 spiro atoms. The van der Waals surface area contributed by atoms with Gasteiger partial charge in [-0.2, -0.15) is 0 Å². The highest BCUT2D eigenvalue weighted by molar-refractivity contribution is 7.80. The molecule has 4 nitrogen and oxygen atoms in total. The van der Waals surface area contributed by atoms with Crippen LogP contribution in [0.3, 0.4) is 0 Å². The van der Waals surface area contributed by atoms with Gasteiger partial charge in [0.25, 0.3) is 0 Å². The number of hydroxylamine groups is 2. The van der Waals surface area contributed by atoms with E-state index in [9.17, 15) is 0 Å². The lowest BCUT2D eigenvalue weighted by molar-refractivity contribution is -0.317. The molecule has 0 radical (unpaired) electrons. The molecule has 152 valence electrons. The summed E-state index contributed by atoms with van der Waals surface area (Å²) in [5.41, 5.74) is 1.92. The van der Waals surface area contributed by atoms with Crippen molar-refractivity contribution >= 4 is 28.7 Å². The molecule has 0 fully saturated rings. The van der Waals surface area contributed by atoms with E-state index < -0.39 is 0 Å². The van der Waals surface area contributed by atoms with E-state index in [2.05, 4.69) is 27.7 Å². The summed E-state index contributed by atoms with van der Waals surface area (Å²) in [6.07, 6.45) is 1.87. The lowest BCUT2D eigenvalue weighted by Crippen LogP contribution is -2.41. The van der Waals surface area contributed by atoms with Crippen LogP contribution < -0.4 is 4.90 Å². The van der Waals surface area contributed by atoms with Crippen molar-refractivity contribution in [1.29, 1.82) is 0 Å². The van der Waals surface area contributed by atoms with Crippen molar-refractivity contribution in [3.63, 3.8) is 0 Å². The topological polar surface area (TPSA) is 24.9 Å². The molecule has 0 aromatic heterocycles. The molecular weight excluding hydrogens is 368 g/mol. The Bertz CT molecular complexity index is 639. The highest BCUT2D eigenvalue weighted by Crippen LogP contribution is 2.27. The Morgan fingerprint density at radius 1 is 0.750 bits per heavy atom. The predicted molar refractivity (Wildman–Crippen MR) is 120 cm³/mol. The minimum Gasteiger partial charge on any atom is -0.284 e. The largest absolute Gasteiger partial charge is 0.284 e. The first-order valence-corrected chi connectivity index (χ1v) is 10.4. The summed E-state index contributed by atoms with van der Waals surface area (Å²) in [6, 6.07) is 20.1. The van der Waals surface area contributed by atoms with Crippen LogP contribution in [0.1, 0.15) is 40.5 Å². The summed E-state index contributed by atoms with van der Waals surface area (Å²) in [6.45, 7) is 9.79. The third-order valence-electron chi connectivity index (χ3n) is 4.18. The number of hydrogen-bond donors (Lipinski definition) is 0. The van der Waals surface area contributed by atoms with E-state index >= 15 is 0 Å². The first-order valence-electron chi connectivity index (χ1n) is 9.99. The summed E-state index contributed by atoms with van der Waals surface area (Å²) in [4.78, 5) is 13.9. The van der Waals surface area contributed by atoms with Gasteiger partial charge in [-0.3, -0.25) is 4.90 Å². The van der Waals surface area contributed by atoms with E-state index in [0.717, 1.165) is 24.2 Å². The standard InChI is InChI=1S/C23H32N2O2S/c1-19(2)15-17-26-25(27-18-16-20(3)4)23(28)24(21-11-7-5-8-12-21)22-13-9-6-10-14-22/h5-14,19-20H,15-18H2,1-4H3. The van der Waals surface area contributed by atoms with Crippen molar-refractivity contribution in [3.05, 3.63) is 60.7 Å². The van der Waals surface area contributed by atoms with Gasteiger partial charge in [0, 0.05) is 11.4 Å². The molecule has 0 heterocycles. The minimum atomic E-state index is 0.463. The van der Waals surface area contributed by atoms with Crippen LogP contribution in [0, 0.1) is 11.8 Å². The number of anilines is 2. The summed E-state index contributed by atoms with van der Waals surface area (Å²) < 4.78 is 0. The zero-order valence-corrected chi connectivity index (χ0v) is 18.2. The second kappa shape index (κ2) is 11.8. The van der Waals surface area contributed by atoms with Gasteiger partial charge in [-0.15, -0.1) is 0 Å². The van der Waals surface area contributed by atoms with Gasteiger partial charge in [0.15, 0.2) is 0 Å². The lowest BCUT2D eigenvalue weighted by atomic mass is 10.1. The molecule has 0 atom stereocenters. The van der Waals surface area contributed by atoms with E-state index in [4.69, 9.17) is 21.9 Å². The van der Waals surface area contributed by atoms with Gasteiger partial charge in [-0.05, 0) is 61.2 Å². The van der Waals surface area contributed by atoms with Crippen LogP contribution in [0.2, 0.25) is 0 Å². The molecule has 0 saturated carbocycles. The van der Waals surface area contributed by atoms with Gasteiger partial charge in [-0.25, -0.2) is 9.68 Å². The van der Waals surface area contributed by atoms with E-state index in [-0.39, 0.29) is 0 Å². The van der Waals surface area contributed by atoms with Gasteiger partial charge in [0.1, 0.15) is 0 Å². The number of para-hydroxylation sites is 2. The lowest BCUT2D eigenvalue weighted by Gasteiger charge is -2.32. The van der Waals surface area contributed by atoms with Crippen molar-refractivity contribution < 1.29 is 9.68 Å². The summed E-state index contributed by atoms with van der Waals surface area (Å²) in [5, 5.41) is 1.88. The molecule has 0 N–H and O–H groups in total. The number of thiocarbonyl (C=S) groups is 1. The fourth-order valence-corrected chi connectivity index (χ4v) is 2.81. The molecule has 0 aliphatic heterocycles. The van der Waals surface area contributed by atoms with Crippen LogP contribution in [0.25, 0.3) is 0 Å². The van der Waals surface area contributed by atoms with Crippen LogP contribution >= 0.6 is 12.2 Å². The number of nitrogens with zero attached hydrogens (tertiary/aromatic N) is 2. The predicted octanol–water partition coefficient (Wildman–Crippen LogP) is 6.37. The average Bonchev–Trinajstić information content (AvgIpc) is 2.68. The average molecular weight is 401 g/mol. The zero-order chi connectivity index (χ0) is 20.4. The Hall–Kier alpha value is -1.95. The first-order chi connectivity index (χ1) is 13.5. The minimum absolute atomic E-state index is 0.463. The number of hydrogen-bond acceptors (Lipinski definition) is 3. The van der Waals surface area contributed by atoms with Crippen molar-refractivity contribution in [3.8, 4) is 0 Å². The molecule has 0 aliphatic rings. The molecule has 0 saturated heterocycles. The van der Waals surface area contributed by atoms with Gasteiger partial charge < -0.3 is 0 Å². The second-order valence-corrected chi connectivity index (χ2v) is 7.94. The Kier molecular flexibility index (Phi) is 9.41. The molecule has 0 unspecified atom stereocenters. The maximum Gasteiger partial charge on any atom is 0.234 e. The van der Waals surface area contributed by atoms with Crippen LogP contribution in [0.5, 0.6) is 0 Å². The Morgan fingerprint density at radius 3 is 1.50 bits per heavy atom. The van der Waals surface area contributed by atoms with E-state index in [1.54, 1.807) is 0 Å². The highest BCUT2D eigenvalue weighted by Gasteiger charge is 2.22. The second-order valence-electron chi connectivity index (χ2n) is 7.58. The van der Waals surface area contributed by atoms with Crippen LogP contribution in [0.4, 0.5) is 11.4 Å². The molecule has 5 heteroatoms. The molecular formula is C23H32N2O2S. The summed E-state index contributed by atoms with van der Waals surface area (Å²) in [7, 11) is 0. The fourth-order valence-electron chi connectivity index (χ4n) is 2.50. The normalized spacial score (nSPS) is 11.1. The van der Waals surface area contributed by atoms with E-state index in [1.807, 2.05) is 65.6 Å². The Labute approximate surface area is 175 Å². The monoisotopic (exact) mass is 400 g/mol. The number of benzene rings is 2. The molecule has 2 aromatic rings. The third-order valence-corrected chi connectivity index (χ3v) is 4.52. The smallest absolute Gasteiger partial charge is 0.234 e. The van der Waals surface area contributed by atoms with Crippen molar-refractivity contribution in [2.45, 2.75) is 40.5 Å².